The van der Waals surface area contributed by atoms with Crippen molar-refractivity contribution in [2.45, 2.75) is 31.4 Å². The van der Waals surface area contributed by atoms with Gasteiger partial charge in [0, 0.05) is 11.0 Å². The molecular weight excluding hydrogens is 204 g/mol. The highest BCUT2D eigenvalue weighted by molar-refractivity contribution is 8.06. The minimum absolute atomic E-state index is 0.651. The number of thioether (sulfide) groups is 1. The first kappa shape index (κ1) is 10.9. The van der Waals surface area contributed by atoms with Crippen LogP contribution in [0.3, 0.4) is 0 Å². The van der Waals surface area contributed by atoms with Crippen LogP contribution >= 0.6 is 11.8 Å². The molecule has 0 radical (unpaired) electrons. The highest BCUT2D eigenvalue weighted by Crippen LogP contribution is 2.30. The lowest BCUT2D eigenvalue weighted by Crippen LogP contribution is -2.02. The molecule has 0 aliphatic carbocycles. The Balaban J connectivity index is 1.90. The second kappa shape index (κ2) is 4.93. The fourth-order valence-electron chi connectivity index (χ4n) is 1.48. The van der Waals surface area contributed by atoms with Gasteiger partial charge in [-0.25, -0.2) is 0 Å². The Morgan fingerprint density at radius 2 is 2.07 bits per heavy atom. The van der Waals surface area contributed by atoms with Gasteiger partial charge in [0.05, 0.1) is 0 Å². The van der Waals surface area contributed by atoms with E-state index in [1.165, 1.54) is 17.7 Å². The van der Waals surface area contributed by atoms with Crippen LogP contribution in [-0.4, -0.2) is 17.6 Å². The fourth-order valence-corrected chi connectivity index (χ4v) is 1.88. The molecular formula is C13H18OS. The largest absolute Gasteiger partial charge is 0.492 e. The van der Waals surface area contributed by atoms with E-state index >= 15 is 0 Å². The van der Waals surface area contributed by atoms with E-state index in [2.05, 4.69) is 38.1 Å². The Hall–Kier alpha value is -0.630. The average Bonchev–Trinajstić information content (AvgIpc) is 3.10. The summed E-state index contributed by atoms with van der Waals surface area (Å²) in [5.74, 6) is 2.93. The first-order valence-electron chi connectivity index (χ1n) is 5.64. The SMILES string of the molecule is CCC(C)c1ccc(OCC2CS2)cc1. The van der Waals surface area contributed by atoms with Crippen LogP contribution in [0.4, 0.5) is 0 Å². The highest BCUT2D eigenvalue weighted by atomic mass is 32.2. The van der Waals surface area contributed by atoms with E-state index in [0.717, 1.165) is 17.6 Å². The molecule has 82 valence electrons. The van der Waals surface area contributed by atoms with Crippen LogP contribution in [0.15, 0.2) is 24.3 Å². The summed E-state index contributed by atoms with van der Waals surface area (Å²) in [6, 6.07) is 8.55. The summed E-state index contributed by atoms with van der Waals surface area (Å²) in [5, 5.41) is 0.749. The molecule has 0 spiro atoms. The lowest BCUT2D eigenvalue weighted by atomic mass is 9.99. The molecule has 1 saturated heterocycles. The van der Waals surface area contributed by atoms with Crippen LogP contribution in [0.25, 0.3) is 0 Å². The molecule has 1 fully saturated rings. The van der Waals surface area contributed by atoms with E-state index in [0.29, 0.717) is 5.92 Å². The molecule has 0 N–H and O–H groups in total. The normalized spacial score (nSPS) is 21.1. The summed E-state index contributed by atoms with van der Waals surface area (Å²) in [4.78, 5) is 0. The number of hydrogen-bond acceptors (Lipinski definition) is 2. The van der Waals surface area contributed by atoms with Crippen molar-refractivity contribution in [3.63, 3.8) is 0 Å². The van der Waals surface area contributed by atoms with Crippen molar-refractivity contribution >= 4 is 11.8 Å². The van der Waals surface area contributed by atoms with Gasteiger partial charge in [-0.1, -0.05) is 26.0 Å². The third-order valence-corrected chi connectivity index (χ3v) is 3.84. The molecule has 2 atom stereocenters. The van der Waals surface area contributed by atoms with Crippen LogP contribution < -0.4 is 4.74 Å². The minimum atomic E-state index is 0.651. The predicted molar refractivity (Wildman–Crippen MR) is 66.9 cm³/mol. The van der Waals surface area contributed by atoms with Crippen molar-refractivity contribution in [2.24, 2.45) is 0 Å². The van der Waals surface area contributed by atoms with Crippen molar-refractivity contribution in [1.82, 2.24) is 0 Å². The van der Waals surface area contributed by atoms with Gasteiger partial charge in [-0.05, 0) is 30.0 Å². The van der Waals surface area contributed by atoms with Crippen LogP contribution in [0.5, 0.6) is 5.75 Å². The first-order valence-corrected chi connectivity index (χ1v) is 6.69. The molecule has 0 bridgehead atoms. The van der Waals surface area contributed by atoms with Gasteiger partial charge in [0.15, 0.2) is 0 Å². The third-order valence-electron chi connectivity index (χ3n) is 2.90. The standard InChI is InChI=1S/C13H18OS/c1-3-10(2)11-4-6-12(7-5-11)14-8-13-9-15-13/h4-7,10,13H,3,8-9H2,1-2H3. The maximum Gasteiger partial charge on any atom is 0.119 e. The topological polar surface area (TPSA) is 9.23 Å². The van der Waals surface area contributed by atoms with Crippen LogP contribution in [0.2, 0.25) is 0 Å². The van der Waals surface area contributed by atoms with E-state index in [-0.39, 0.29) is 0 Å². The summed E-state index contributed by atoms with van der Waals surface area (Å²) in [6.45, 7) is 5.35. The summed E-state index contributed by atoms with van der Waals surface area (Å²) in [5.41, 5.74) is 1.41. The van der Waals surface area contributed by atoms with E-state index in [4.69, 9.17) is 4.74 Å². The molecule has 1 aromatic rings. The smallest absolute Gasteiger partial charge is 0.119 e. The van der Waals surface area contributed by atoms with Crippen LogP contribution in [0.1, 0.15) is 31.7 Å². The minimum Gasteiger partial charge on any atom is -0.492 e. The van der Waals surface area contributed by atoms with Crippen LogP contribution in [0, 0.1) is 0 Å². The Bertz CT molecular complexity index is 303. The van der Waals surface area contributed by atoms with E-state index in [1.54, 1.807) is 0 Å². The monoisotopic (exact) mass is 222 g/mol. The molecule has 0 amide bonds. The zero-order valence-corrected chi connectivity index (χ0v) is 10.2. The number of ether oxygens (including phenoxy) is 1. The first-order chi connectivity index (χ1) is 7.29. The average molecular weight is 222 g/mol. The zero-order valence-electron chi connectivity index (χ0n) is 9.40. The molecule has 1 aromatic carbocycles. The van der Waals surface area contributed by atoms with Gasteiger partial charge in [0.25, 0.3) is 0 Å². The van der Waals surface area contributed by atoms with Crippen molar-refractivity contribution < 1.29 is 4.74 Å². The van der Waals surface area contributed by atoms with Gasteiger partial charge >= 0.3 is 0 Å². The maximum atomic E-state index is 5.68. The Kier molecular flexibility index (Phi) is 3.57. The van der Waals surface area contributed by atoms with Crippen LogP contribution in [-0.2, 0) is 0 Å². The van der Waals surface area contributed by atoms with Gasteiger partial charge < -0.3 is 4.74 Å². The summed E-state index contributed by atoms with van der Waals surface area (Å²) in [7, 11) is 0. The molecule has 0 aromatic heterocycles. The molecule has 1 aliphatic heterocycles. The van der Waals surface area contributed by atoms with Gasteiger partial charge in [0.1, 0.15) is 12.4 Å². The summed E-state index contributed by atoms with van der Waals surface area (Å²) < 4.78 is 5.68. The van der Waals surface area contributed by atoms with Gasteiger partial charge in [-0.15, -0.1) is 0 Å². The fraction of sp³-hybridized carbons (Fsp3) is 0.538. The molecule has 1 aliphatic rings. The summed E-state index contributed by atoms with van der Waals surface area (Å²) >= 11 is 1.97. The number of rotatable bonds is 5. The molecule has 2 unspecified atom stereocenters. The lowest BCUT2D eigenvalue weighted by Gasteiger charge is -2.10. The summed E-state index contributed by atoms with van der Waals surface area (Å²) in [6.07, 6.45) is 1.19. The highest BCUT2D eigenvalue weighted by Gasteiger charge is 2.22. The van der Waals surface area contributed by atoms with E-state index in [9.17, 15) is 0 Å². The Morgan fingerprint density at radius 3 is 2.60 bits per heavy atom. The predicted octanol–water partition coefficient (Wildman–Crippen LogP) is 3.69. The Morgan fingerprint density at radius 1 is 1.40 bits per heavy atom. The van der Waals surface area contributed by atoms with Gasteiger partial charge in [0.2, 0.25) is 0 Å². The number of hydrogen-bond donors (Lipinski definition) is 0. The van der Waals surface area contributed by atoms with Gasteiger partial charge in [-0.2, -0.15) is 11.8 Å². The van der Waals surface area contributed by atoms with Crippen molar-refractivity contribution in [3.05, 3.63) is 29.8 Å². The van der Waals surface area contributed by atoms with Crippen molar-refractivity contribution in [3.8, 4) is 5.75 Å². The molecule has 1 heterocycles. The van der Waals surface area contributed by atoms with Crippen molar-refractivity contribution in [1.29, 1.82) is 0 Å². The lowest BCUT2D eigenvalue weighted by molar-refractivity contribution is 0.330. The maximum absolute atomic E-state index is 5.68. The second-order valence-corrected chi connectivity index (χ2v) is 5.48. The van der Waals surface area contributed by atoms with E-state index < -0.39 is 0 Å². The third kappa shape index (κ3) is 3.16. The molecule has 2 rings (SSSR count). The molecule has 1 nitrogen and oxygen atoms in total. The Labute approximate surface area is 96.2 Å². The second-order valence-electron chi connectivity index (χ2n) is 4.14. The molecule has 2 heteroatoms. The van der Waals surface area contributed by atoms with Gasteiger partial charge in [-0.3, -0.25) is 0 Å². The quantitative estimate of drug-likeness (QED) is 0.703. The van der Waals surface area contributed by atoms with E-state index in [1.807, 2.05) is 11.8 Å². The molecule has 0 saturated carbocycles. The number of benzene rings is 1. The van der Waals surface area contributed by atoms with Crippen molar-refractivity contribution in [2.75, 3.05) is 12.4 Å². The zero-order chi connectivity index (χ0) is 10.7. The molecule has 15 heavy (non-hydrogen) atoms.